The minimum Gasteiger partial charge on any atom is -0.462 e. The molecule has 0 aliphatic carbocycles. The predicted octanol–water partition coefficient (Wildman–Crippen LogP) is 18.5. The van der Waals surface area contributed by atoms with Crippen LogP contribution >= 0.6 is 15.6 Å². The Balaban J connectivity index is 5.27. The Bertz CT molecular complexity index is 1720. The molecule has 0 spiro atoms. The second-order valence-corrected chi connectivity index (χ2v) is 28.6. The monoisotopic (exact) mass is 1270 g/mol. The van der Waals surface area contributed by atoms with Gasteiger partial charge in [-0.3, -0.25) is 37.3 Å². The zero-order chi connectivity index (χ0) is 63.9. The van der Waals surface area contributed by atoms with Crippen LogP contribution in [0.1, 0.15) is 325 Å². The van der Waals surface area contributed by atoms with Crippen molar-refractivity contribution >= 4 is 39.5 Å². The predicted molar refractivity (Wildman–Crippen MR) is 344 cm³/mol. The van der Waals surface area contributed by atoms with Crippen molar-refractivity contribution < 1.29 is 80.2 Å². The summed E-state index contributed by atoms with van der Waals surface area (Å²) in [5.41, 5.74) is 0. The van der Waals surface area contributed by atoms with E-state index in [0.29, 0.717) is 31.6 Å². The fraction of sp³-hybridized carbons (Fsp3) is 0.940. The molecule has 0 aromatic carbocycles. The molecular weight excluding hydrogens is 1140 g/mol. The van der Waals surface area contributed by atoms with Gasteiger partial charge in [0.25, 0.3) is 0 Å². The van der Waals surface area contributed by atoms with Crippen LogP contribution < -0.4 is 0 Å². The van der Waals surface area contributed by atoms with Crippen LogP contribution in [0.2, 0.25) is 0 Å². The molecule has 0 rings (SSSR count). The molecule has 0 aliphatic heterocycles. The van der Waals surface area contributed by atoms with Crippen molar-refractivity contribution in [2.75, 3.05) is 39.6 Å². The van der Waals surface area contributed by atoms with Crippen molar-refractivity contribution in [3.8, 4) is 0 Å². The summed E-state index contributed by atoms with van der Waals surface area (Å²) in [6.45, 7) is 14.0. The number of aliphatic hydroxyl groups excluding tert-OH is 1. The number of ether oxygens (including phenoxy) is 4. The molecule has 0 saturated carbocycles. The van der Waals surface area contributed by atoms with E-state index in [2.05, 4.69) is 55.4 Å². The van der Waals surface area contributed by atoms with E-state index >= 15 is 0 Å². The SMILES string of the molecule is CCC(C)CCCCCCCCCCC(=O)OC[C@H](COP(=O)(O)OCC(O)COP(=O)(O)OC[C@@H](COC(=O)CCCCCCCCCC(C)C)OC(=O)CCCCCCCCCCC(C)CC)OC(=O)CCCCCCCCCCCC(C)C. The van der Waals surface area contributed by atoms with Crippen LogP contribution in [0.3, 0.4) is 0 Å². The maximum absolute atomic E-state index is 13.0. The summed E-state index contributed by atoms with van der Waals surface area (Å²) in [6.07, 6.45) is 37.5. The third kappa shape index (κ3) is 58.4. The van der Waals surface area contributed by atoms with Gasteiger partial charge in [0.1, 0.15) is 19.3 Å². The molecule has 0 heterocycles. The van der Waals surface area contributed by atoms with Crippen molar-refractivity contribution in [3.63, 3.8) is 0 Å². The van der Waals surface area contributed by atoms with Crippen molar-refractivity contribution in [3.05, 3.63) is 0 Å². The van der Waals surface area contributed by atoms with Crippen LogP contribution in [-0.2, 0) is 65.4 Å². The van der Waals surface area contributed by atoms with Crippen LogP contribution in [0, 0.1) is 23.7 Å². The molecule has 0 saturated heterocycles. The highest BCUT2D eigenvalue weighted by Gasteiger charge is 2.30. The van der Waals surface area contributed by atoms with Crippen LogP contribution in [0.15, 0.2) is 0 Å². The zero-order valence-corrected chi connectivity index (χ0v) is 57.7. The molecule has 3 N–H and O–H groups in total. The molecule has 0 aliphatic rings. The summed E-state index contributed by atoms with van der Waals surface area (Å²) >= 11 is 0. The first-order valence-corrected chi connectivity index (χ1v) is 37.8. The van der Waals surface area contributed by atoms with Crippen LogP contribution in [0.25, 0.3) is 0 Å². The topological polar surface area (TPSA) is 237 Å². The van der Waals surface area contributed by atoms with E-state index in [9.17, 15) is 43.2 Å². The van der Waals surface area contributed by atoms with Gasteiger partial charge < -0.3 is 33.8 Å². The van der Waals surface area contributed by atoms with Gasteiger partial charge in [0.15, 0.2) is 12.2 Å². The lowest BCUT2D eigenvalue weighted by Gasteiger charge is -2.21. The Morgan fingerprint density at radius 3 is 0.826 bits per heavy atom. The Labute approximate surface area is 524 Å². The summed E-state index contributed by atoms with van der Waals surface area (Å²) in [5, 5.41) is 10.6. The molecule has 7 atom stereocenters. The smallest absolute Gasteiger partial charge is 0.462 e. The summed E-state index contributed by atoms with van der Waals surface area (Å²) in [5.74, 6) is 0.852. The maximum Gasteiger partial charge on any atom is 0.472 e. The highest BCUT2D eigenvalue weighted by molar-refractivity contribution is 7.47. The van der Waals surface area contributed by atoms with E-state index in [1.54, 1.807) is 0 Å². The van der Waals surface area contributed by atoms with Crippen LogP contribution in [-0.4, -0.2) is 96.7 Å². The maximum atomic E-state index is 13.0. The normalized spacial score (nSPS) is 15.0. The highest BCUT2D eigenvalue weighted by Crippen LogP contribution is 2.45. The standard InChI is InChI=1S/C67H130O17P2/c1-9-59(7)45-37-29-21-14-16-23-31-39-47-64(69)77-53-62(83-66(71)49-41-33-24-13-11-12-19-27-35-43-57(3)4)55-81-85(73,74)79-51-61(68)52-80-86(75,76)82-56-63(54-78-65(70)48-40-32-26-18-20-28-36-44-58(5)6)84-67(72)50-42-34-25-17-15-22-30-38-46-60(8)10-2/h57-63,68H,9-56H2,1-8H3,(H,73,74)(H,75,76)/t59?,60?,61?,62-,63-/m1/s1. The molecule has 0 amide bonds. The number of hydrogen-bond acceptors (Lipinski definition) is 15. The van der Waals surface area contributed by atoms with Gasteiger partial charge in [0.2, 0.25) is 0 Å². The van der Waals surface area contributed by atoms with Gasteiger partial charge in [-0.2, -0.15) is 0 Å². The number of hydrogen-bond donors (Lipinski definition) is 3. The van der Waals surface area contributed by atoms with Crippen molar-refractivity contribution in [1.29, 1.82) is 0 Å². The fourth-order valence-electron chi connectivity index (χ4n) is 9.89. The molecule has 19 heteroatoms. The quantitative estimate of drug-likeness (QED) is 0.0222. The van der Waals surface area contributed by atoms with E-state index in [4.69, 9.17) is 37.0 Å². The van der Waals surface area contributed by atoms with Gasteiger partial charge in [-0.05, 0) is 49.4 Å². The van der Waals surface area contributed by atoms with E-state index in [1.165, 1.54) is 122 Å². The molecule has 17 nitrogen and oxygen atoms in total. The largest absolute Gasteiger partial charge is 0.472 e. The van der Waals surface area contributed by atoms with E-state index < -0.39 is 97.5 Å². The lowest BCUT2D eigenvalue weighted by Crippen LogP contribution is -2.30. The van der Waals surface area contributed by atoms with E-state index in [-0.39, 0.29) is 25.7 Å². The number of aliphatic hydroxyl groups is 1. The molecule has 0 aromatic heterocycles. The van der Waals surface area contributed by atoms with E-state index in [0.717, 1.165) is 114 Å². The Morgan fingerprint density at radius 1 is 0.326 bits per heavy atom. The van der Waals surface area contributed by atoms with Crippen molar-refractivity contribution in [2.24, 2.45) is 23.7 Å². The molecule has 0 aromatic rings. The minimum atomic E-state index is -4.95. The molecule has 86 heavy (non-hydrogen) atoms. The molecule has 510 valence electrons. The number of unbranched alkanes of at least 4 members (excludes halogenated alkanes) is 28. The summed E-state index contributed by atoms with van der Waals surface area (Å²) in [6, 6.07) is 0. The first-order valence-electron chi connectivity index (χ1n) is 34.8. The fourth-order valence-corrected chi connectivity index (χ4v) is 11.5. The second-order valence-electron chi connectivity index (χ2n) is 25.6. The summed E-state index contributed by atoms with van der Waals surface area (Å²) < 4.78 is 68.1. The summed E-state index contributed by atoms with van der Waals surface area (Å²) in [4.78, 5) is 72.4. The Kier molecular flexibility index (Phi) is 55.7. The van der Waals surface area contributed by atoms with Gasteiger partial charge >= 0.3 is 39.5 Å². The molecular formula is C67H130O17P2. The Morgan fingerprint density at radius 2 is 0.558 bits per heavy atom. The second kappa shape index (κ2) is 57.0. The minimum absolute atomic E-state index is 0.103. The van der Waals surface area contributed by atoms with Gasteiger partial charge in [0.05, 0.1) is 26.4 Å². The first-order chi connectivity index (χ1) is 41.2. The van der Waals surface area contributed by atoms with Gasteiger partial charge in [0, 0.05) is 25.7 Å². The average molecular weight is 1270 g/mol. The number of carbonyl (C=O) groups is 4. The number of phosphoric acid groups is 2. The number of rotatable bonds is 64. The number of esters is 4. The lowest BCUT2D eigenvalue weighted by molar-refractivity contribution is -0.161. The first kappa shape index (κ1) is 84.1. The zero-order valence-electron chi connectivity index (χ0n) is 55.9. The van der Waals surface area contributed by atoms with Crippen molar-refractivity contribution in [1.82, 2.24) is 0 Å². The molecule has 0 radical (unpaired) electrons. The van der Waals surface area contributed by atoms with Gasteiger partial charge in [-0.15, -0.1) is 0 Å². The number of phosphoric ester groups is 2. The van der Waals surface area contributed by atoms with E-state index in [1.807, 2.05) is 0 Å². The molecule has 0 bridgehead atoms. The lowest BCUT2D eigenvalue weighted by atomic mass is 9.99. The van der Waals surface area contributed by atoms with Gasteiger partial charge in [-0.25, -0.2) is 9.13 Å². The molecule has 0 fully saturated rings. The molecule has 5 unspecified atom stereocenters. The average Bonchev–Trinajstić information content (AvgIpc) is 3.67. The number of carbonyl (C=O) groups excluding carboxylic acids is 4. The highest BCUT2D eigenvalue weighted by atomic mass is 31.2. The Hall–Kier alpha value is -1.94. The third-order valence-electron chi connectivity index (χ3n) is 16.0. The van der Waals surface area contributed by atoms with Gasteiger partial charge in [-0.1, -0.05) is 274 Å². The third-order valence-corrected chi connectivity index (χ3v) is 17.9. The summed E-state index contributed by atoms with van der Waals surface area (Å²) in [7, 11) is -9.90. The van der Waals surface area contributed by atoms with Crippen LogP contribution in [0.5, 0.6) is 0 Å². The van der Waals surface area contributed by atoms with Crippen LogP contribution in [0.4, 0.5) is 0 Å². The van der Waals surface area contributed by atoms with Crippen molar-refractivity contribution in [2.45, 2.75) is 343 Å².